The number of benzene rings is 2. The van der Waals surface area contributed by atoms with Crippen molar-refractivity contribution in [3.63, 3.8) is 0 Å². The number of para-hydroxylation sites is 1. The van der Waals surface area contributed by atoms with Crippen LogP contribution in [0.15, 0.2) is 42.5 Å². The van der Waals surface area contributed by atoms with Crippen LogP contribution in [0.2, 0.25) is 10.0 Å². The van der Waals surface area contributed by atoms with Crippen LogP contribution in [0.3, 0.4) is 0 Å². The van der Waals surface area contributed by atoms with E-state index >= 15 is 0 Å². The van der Waals surface area contributed by atoms with Crippen LogP contribution in [0, 0.1) is 0 Å². The Labute approximate surface area is 168 Å². The molecule has 1 saturated heterocycles. The van der Waals surface area contributed by atoms with Crippen molar-refractivity contribution in [2.75, 3.05) is 37.6 Å². The second-order valence-electron chi connectivity index (χ2n) is 6.58. The molecule has 0 unspecified atom stereocenters. The third kappa shape index (κ3) is 3.99. The first-order chi connectivity index (χ1) is 12.7. The lowest BCUT2D eigenvalue weighted by molar-refractivity contribution is 0.255. The van der Waals surface area contributed by atoms with Crippen molar-refractivity contribution in [3.8, 4) is 0 Å². The number of hydrogen-bond acceptors (Lipinski definition) is 4. The molecule has 6 heteroatoms. The van der Waals surface area contributed by atoms with Crippen LogP contribution in [0.1, 0.15) is 11.4 Å². The average molecular weight is 406 g/mol. The summed E-state index contributed by atoms with van der Waals surface area (Å²) < 4.78 is 1.29. The first kappa shape index (κ1) is 18.1. The lowest BCUT2D eigenvalue weighted by Gasteiger charge is -2.36. The molecule has 0 radical (unpaired) electrons. The second-order valence-corrected chi connectivity index (χ2v) is 8.48. The van der Waals surface area contributed by atoms with E-state index in [1.165, 1.54) is 9.71 Å². The van der Waals surface area contributed by atoms with Crippen molar-refractivity contribution >= 4 is 50.4 Å². The molecule has 2 aromatic carbocycles. The van der Waals surface area contributed by atoms with Crippen LogP contribution in [0.25, 0.3) is 10.2 Å². The highest BCUT2D eigenvalue weighted by molar-refractivity contribution is 7.18. The standard InChI is InChI=1S/C20H21Cl2N3S/c21-15-5-3-7-17(20(15)22)25-13-11-24(12-14-25)10-4-9-19-23-16-6-1-2-8-18(16)26-19/h1-3,5-8H,4,9-14H2. The van der Waals surface area contributed by atoms with E-state index in [0.29, 0.717) is 10.0 Å². The minimum atomic E-state index is 0.627. The molecule has 1 fully saturated rings. The Kier molecular flexibility index (Phi) is 5.65. The maximum absolute atomic E-state index is 6.35. The van der Waals surface area contributed by atoms with E-state index in [4.69, 9.17) is 28.2 Å². The number of anilines is 1. The molecule has 0 aliphatic carbocycles. The first-order valence-corrected chi connectivity index (χ1v) is 10.5. The van der Waals surface area contributed by atoms with Crippen LogP contribution in [-0.2, 0) is 6.42 Å². The van der Waals surface area contributed by atoms with Gasteiger partial charge in [-0.05, 0) is 37.2 Å². The topological polar surface area (TPSA) is 19.4 Å². The molecular formula is C20H21Cl2N3S. The van der Waals surface area contributed by atoms with E-state index in [1.807, 2.05) is 23.5 Å². The van der Waals surface area contributed by atoms with Crippen molar-refractivity contribution in [2.24, 2.45) is 0 Å². The predicted octanol–water partition coefficient (Wildman–Crippen LogP) is 5.36. The maximum atomic E-state index is 6.35. The van der Waals surface area contributed by atoms with Gasteiger partial charge in [-0.15, -0.1) is 11.3 Å². The van der Waals surface area contributed by atoms with Crippen molar-refractivity contribution < 1.29 is 0 Å². The number of rotatable bonds is 5. The van der Waals surface area contributed by atoms with Crippen LogP contribution >= 0.6 is 34.5 Å². The van der Waals surface area contributed by atoms with Crippen LogP contribution < -0.4 is 4.90 Å². The van der Waals surface area contributed by atoms with E-state index in [-0.39, 0.29) is 0 Å². The molecule has 0 N–H and O–H groups in total. The Bertz CT molecular complexity index is 855. The van der Waals surface area contributed by atoms with Crippen LogP contribution in [0.5, 0.6) is 0 Å². The fraction of sp³-hybridized carbons (Fsp3) is 0.350. The number of aryl methyl sites for hydroxylation is 1. The Balaban J connectivity index is 1.27. The molecule has 4 rings (SSSR count). The van der Waals surface area contributed by atoms with Gasteiger partial charge in [0, 0.05) is 32.6 Å². The normalized spacial score (nSPS) is 15.7. The van der Waals surface area contributed by atoms with E-state index in [0.717, 1.165) is 56.8 Å². The fourth-order valence-corrected chi connectivity index (χ4v) is 4.85. The van der Waals surface area contributed by atoms with Gasteiger partial charge in [0.1, 0.15) is 0 Å². The molecule has 1 aliphatic heterocycles. The number of nitrogens with zero attached hydrogens (tertiary/aromatic N) is 3. The Morgan fingerprint density at radius 3 is 2.58 bits per heavy atom. The molecule has 0 spiro atoms. The molecule has 1 aliphatic rings. The van der Waals surface area contributed by atoms with Crippen molar-refractivity contribution in [3.05, 3.63) is 57.5 Å². The average Bonchev–Trinajstić information content (AvgIpc) is 3.07. The molecule has 136 valence electrons. The van der Waals surface area contributed by atoms with Gasteiger partial charge in [0.05, 0.1) is 31.0 Å². The number of thiazole rings is 1. The molecule has 0 bridgehead atoms. The number of halogens is 2. The quantitative estimate of drug-likeness (QED) is 0.569. The third-order valence-electron chi connectivity index (χ3n) is 4.85. The summed E-state index contributed by atoms with van der Waals surface area (Å²) in [6, 6.07) is 14.2. The zero-order chi connectivity index (χ0) is 17.9. The van der Waals surface area contributed by atoms with Gasteiger partial charge in [-0.3, -0.25) is 4.90 Å². The molecule has 0 saturated carbocycles. The predicted molar refractivity (Wildman–Crippen MR) is 113 cm³/mol. The van der Waals surface area contributed by atoms with Gasteiger partial charge >= 0.3 is 0 Å². The van der Waals surface area contributed by atoms with Gasteiger partial charge < -0.3 is 4.90 Å². The number of piperazine rings is 1. The Hall–Kier alpha value is -1.33. The Morgan fingerprint density at radius 2 is 1.77 bits per heavy atom. The molecule has 1 aromatic heterocycles. The summed E-state index contributed by atoms with van der Waals surface area (Å²) in [6.07, 6.45) is 2.21. The van der Waals surface area contributed by atoms with E-state index in [1.54, 1.807) is 0 Å². The summed E-state index contributed by atoms with van der Waals surface area (Å²) in [5.74, 6) is 0. The molecule has 2 heterocycles. The van der Waals surface area contributed by atoms with E-state index in [2.05, 4.69) is 40.1 Å². The SMILES string of the molecule is Clc1cccc(N2CCN(CCCc3nc4ccccc4s3)CC2)c1Cl. The molecule has 3 aromatic rings. The summed E-state index contributed by atoms with van der Waals surface area (Å²) >= 11 is 14.3. The van der Waals surface area contributed by atoms with Crippen molar-refractivity contribution in [1.29, 1.82) is 0 Å². The van der Waals surface area contributed by atoms with Gasteiger partial charge in [-0.1, -0.05) is 41.4 Å². The highest BCUT2D eigenvalue weighted by Crippen LogP contribution is 2.32. The Morgan fingerprint density at radius 1 is 0.962 bits per heavy atom. The molecule has 3 nitrogen and oxygen atoms in total. The number of hydrogen-bond donors (Lipinski definition) is 0. The van der Waals surface area contributed by atoms with E-state index in [9.17, 15) is 0 Å². The fourth-order valence-electron chi connectivity index (χ4n) is 3.43. The number of aromatic nitrogens is 1. The lowest BCUT2D eigenvalue weighted by Crippen LogP contribution is -2.46. The third-order valence-corrected chi connectivity index (χ3v) is 6.75. The highest BCUT2D eigenvalue weighted by atomic mass is 35.5. The number of fused-ring (bicyclic) bond motifs is 1. The largest absolute Gasteiger partial charge is 0.368 e. The molecule has 0 atom stereocenters. The lowest BCUT2D eigenvalue weighted by atomic mass is 10.2. The van der Waals surface area contributed by atoms with Gasteiger partial charge in [0.15, 0.2) is 0 Å². The summed E-state index contributed by atoms with van der Waals surface area (Å²) in [4.78, 5) is 9.59. The zero-order valence-corrected chi connectivity index (χ0v) is 16.8. The van der Waals surface area contributed by atoms with Crippen molar-refractivity contribution in [1.82, 2.24) is 9.88 Å². The minimum absolute atomic E-state index is 0.627. The summed E-state index contributed by atoms with van der Waals surface area (Å²) in [7, 11) is 0. The summed E-state index contributed by atoms with van der Waals surface area (Å²) in [5, 5.41) is 2.54. The highest BCUT2D eigenvalue weighted by Gasteiger charge is 2.19. The molecule has 0 amide bonds. The van der Waals surface area contributed by atoms with Crippen LogP contribution in [0.4, 0.5) is 5.69 Å². The monoisotopic (exact) mass is 405 g/mol. The van der Waals surface area contributed by atoms with E-state index < -0.39 is 0 Å². The summed E-state index contributed by atoms with van der Waals surface area (Å²) in [5.41, 5.74) is 2.17. The van der Waals surface area contributed by atoms with Crippen molar-refractivity contribution in [2.45, 2.75) is 12.8 Å². The van der Waals surface area contributed by atoms with Gasteiger partial charge in [-0.25, -0.2) is 4.98 Å². The summed E-state index contributed by atoms with van der Waals surface area (Å²) in [6.45, 7) is 5.21. The van der Waals surface area contributed by atoms with Gasteiger partial charge in [0.25, 0.3) is 0 Å². The van der Waals surface area contributed by atoms with Gasteiger partial charge in [-0.2, -0.15) is 0 Å². The first-order valence-electron chi connectivity index (χ1n) is 8.96. The minimum Gasteiger partial charge on any atom is -0.368 e. The maximum Gasteiger partial charge on any atom is 0.0939 e. The molecular weight excluding hydrogens is 385 g/mol. The zero-order valence-electron chi connectivity index (χ0n) is 14.5. The smallest absolute Gasteiger partial charge is 0.0939 e. The second kappa shape index (κ2) is 8.13. The van der Waals surface area contributed by atoms with Gasteiger partial charge in [0.2, 0.25) is 0 Å². The van der Waals surface area contributed by atoms with Crippen LogP contribution in [-0.4, -0.2) is 42.6 Å². The molecule has 26 heavy (non-hydrogen) atoms.